The number of amides is 1. The van der Waals surface area contributed by atoms with Crippen LogP contribution in [0.2, 0.25) is 0 Å². The summed E-state index contributed by atoms with van der Waals surface area (Å²) in [6.07, 6.45) is 0.587. The fraction of sp³-hybridized carbons (Fsp3) is 0.182. The number of halogens is 2. The highest BCUT2D eigenvalue weighted by atomic mass is 79.9. The third-order valence-corrected chi connectivity index (χ3v) is 5.41. The zero-order valence-corrected chi connectivity index (χ0v) is 17.1. The fourth-order valence-electron chi connectivity index (χ4n) is 3.64. The number of ketones is 1. The third-order valence-electron chi connectivity index (χ3n) is 4.91. The Labute approximate surface area is 174 Å². The summed E-state index contributed by atoms with van der Waals surface area (Å²) >= 11 is 3.37. The van der Waals surface area contributed by atoms with Gasteiger partial charge in [-0.1, -0.05) is 41.1 Å². The van der Waals surface area contributed by atoms with Crippen LogP contribution in [0.1, 0.15) is 35.5 Å². The van der Waals surface area contributed by atoms with Gasteiger partial charge in [0.05, 0.1) is 11.6 Å². The van der Waals surface area contributed by atoms with E-state index in [0.717, 1.165) is 4.47 Å². The van der Waals surface area contributed by atoms with Crippen molar-refractivity contribution in [3.8, 4) is 0 Å². The highest BCUT2D eigenvalue weighted by Gasteiger charge is 2.45. The Bertz CT molecular complexity index is 1170. The van der Waals surface area contributed by atoms with E-state index in [1.54, 1.807) is 30.3 Å². The lowest BCUT2D eigenvalue weighted by molar-refractivity contribution is -0.129. The van der Waals surface area contributed by atoms with Crippen LogP contribution in [0.15, 0.2) is 68.8 Å². The second-order valence-corrected chi connectivity index (χ2v) is 7.72. The van der Waals surface area contributed by atoms with E-state index in [0.29, 0.717) is 17.4 Å². The molecule has 148 valence electrons. The number of nitrogens with zero attached hydrogens (tertiary/aromatic N) is 1. The molecule has 0 bridgehead atoms. The number of carbonyl (C=O) groups excluding carboxylic acids is 2. The van der Waals surface area contributed by atoms with Gasteiger partial charge in [0, 0.05) is 22.0 Å². The summed E-state index contributed by atoms with van der Waals surface area (Å²) in [6, 6.07) is 11.7. The van der Waals surface area contributed by atoms with E-state index < -0.39 is 29.3 Å². The van der Waals surface area contributed by atoms with E-state index in [1.807, 2.05) is 6.92 Å². The molecule has 0 saturated heterocycles. The van der Waals surface area contributed by atoms with Crippen LogP contribution < -0.4 is 0 Å². The van der Waals surface area contributed by atoms with Crippen molar-refractivity contribution in [3.63, 3.8) is 0 Å². The highest BCUT2D eigenvalue weighted by molar-refractivity contribution is 9.10. The van der Waals surface area contributed by atoms with Gasteiger partial charge in [-0.3, -0.25) is 9.59 Å². The van der Waals surface area contributed by atoms with Crippen molar-refractivity contribution in [1.82, 2.24) is 4.90 Å². The zero-order chi connectivity index (χ0) is 20.7. The molecule has 1 atom stereocenters. The minimum absolute atomic E-state index is 0.0212. The molecule has 1 N–H and O–H groups in total. The van der Waals surface area contributed by atoms with Crippen molar-refractivity contribution in [2.45, 2.75) is 19.4 Å². The fourth-order valence-corrected chi connectivity index (χ4v) is 4.01. The molecule has 2 heterocycles. The lowest BCUT2D eigenvalue weighted by Crippen LogP contribution is -2.32. The number of aliphatic hydroxyl groups excluding tert-OH is 1. The Morgan fingerprint density at radius 2 is 2.00 bits per heavy atom. The topological polar surface area (TPSA) is 70.8 Å². The Morgan fingerprint density at radius 1 is 1.24 bits per heavy atom. The Balaban J connectivity index is 1.84. The predicted molar refractivity (Wildman–Crippen MR) is 109 cm³/mol. The number of hydrogen-bond donors (Lipinski definition) is 1. The van der Waals surface area contributed by atoms with Crippen LogP contribution in [0.4, 0.5) is 4.39 Å². The highest BCUT2D eigenvalue weighted by Crippen LogP contribution is 2.40. The maximum atomic E-state index is 14.6. The Hall–Kier alpha value is -2.93. The molecule has 1 aliphatic rings. The zero-order valence-electron chi connectivity index (χ0n) is 15.5. The van der Waals surface area contributed by atoms with E-state index >= 15 is 0 Å². The lowest BCUT2D eigenvalue weighted by Gasteiger charge is -2.26. The van der Waals surface area contributed by atoms with Crippen LogP contribution >= 0.6 is 15.9 Å². The number of carbonyl (C=O) groups is 2. The van der Waals surface area contributed by atoms with E-state index in [9.17, 15) is 19.1 Å². The van der Waals surface area contributed by atoms with Crippen LogP contribution in [-0.4, -0.2) is 28.2 Å². The van der Waals surface area contributed by atoms with Gasteiger partial charge in [0.2, 0.25) is 5.78 Å². The average molecular weight is 458 g/mol. The van der Waals surface area contributed by atoms with Crippen LogP contribution in [0.5, 0.6) is 0 Å². The monoisotopic (exact) mass is 457 g/mol. The second-order valence-electron chi connectivity index (χ2n) is 6.81. The van der Waals surface area contributed by atoms with Crippen LogP contribution in [-0.2, 0) is 4.79 Å². The summed E-state index contributed by atoms with van der Waals surface area (Å²) in [7, 11) is 0. The van der Waals surface area contributed by atoms with Gasteiger partial charge in [-0.15, -0.1) is 0 Å². The second kappa shape index (κ2) is 7.48. The van der Waals surface area contributed by atoms with Gasteiger partial charge in [-0.2, -0.15) is 0 Å². The lowest BCUT2D eigenvalue weighted by atomic mass is 9.94. The Morgan fingerprint density at radius 3 is 2.72 bits per heavy atom. The van der Waals surface area contributed by atoms with Crippen molar-refractivity contribution in [1.29, 1.82) is 0 Å². The van der Waals surface area contributed by atoms with Crippen molar-refractivity contribution in [2.24, 2.45) is 0 Å². The number of rotatable bonds is 5. The quantitative estimate of drug-likeness (QED) is 0.526. The molecular formula is C22H17BrFNO4. The molecule has 0 aliphatic carbocycles. The minimum atomic E-state index is -1.02. The molecule has 0 fully saturated rings. The molecule has 0 radical (unpaired) electrons. The SMILES string of the molecule is CCCN1C(=O)C(O)=C(C(=O)c2cc3cc(Br)ccc3o2)C1c1ccccc1F. The van der Waals surface area contributed by atoms with Crippen molar-refractivity contribution < 1.29 is 23.5 Å². The molecule has 7 heteroatoms. The van der Waals surface area contributed by atoms with E-state index in [2.05, 4.69) is 15.9 Å². The first-order valence-electron chi connectivity index (χ1n) is 9.14. The van der Waals surface area contributed by atoms with E-state index in [1.165, 1.54) is 23.1 Å². The third kappa shape index (κ3) is 3.25. The van der Waals surface area contributed by atoms with E-state index in [4.69, 9.17) is 4.42 Å². The maximum Gasteiger partial charge on any atom is 0.290 e. The van der Waals surface area contributed by atoms with Gasteiger partial charge < -0.3 is 14.4 Å². The summed E-state index contributed by atoms with van der Waals surface area (Å²) in [6.45, 7) is 2.13. The van der Waals surface area contributed by atoms with E-state index in [-0.39, 0.29) is 23.4 Å². The average Bonchev–Trinajstić information content (AvgIpc) is 3.22. The van der Waals surface area contributed by atoms with Gasteiger partial charge in [0.1, 0.15) is 11.4 Å². The summed E-state index contributed by atoms with van der Waals surface area (Å²) in [5.74, 6) is -2.58. The van der Waals surface area contributed by atoms with Gasteiger partial charge in [-0.25, -0.2) is 4.39 Å². The van der Waals surface area contributed by atoms with Crippen molar-refractivity contribution in [2.75, 3.05) is 6.54 Å². The molecule has 5 nitrogen and oxygen atoms in total. The molecule has 1 aliphatic heterocycles. The predicted octanol–water partition coefficient (Wildman–Crippen LogP) is 5.32. The number of fused-ring (bicyclic) bond motifs is 1. The maximum absolute atomic E-state index is 14.6. The molecule has 3 aromatic rings. The molecule has 0 saturated carbocycles. The first kappa shape index (κ1) is 19.4. The molecule has 1 unspecified atom stereocenters. The van der Waals surface area contributed by atoms with Crippen molar-refractivity contribution >= 4 is 38.6 Å². The smallest absolute Gasteiger partial charge is 0.290 e. The van der Waals surface area contributed by atoms with Gasteiger partial charge >= 0.3 is 0 Å². The van der Waals surface area contributed by atoms with Gasteiger partial charge in [0.25, 0.3) is 5.91 Å². The summed E-state index contributed by atoms with van der Waals surface area (Å²) in [5, 5.41) is 11.2. The number of benzene rings is 2. The van der Waals surface area contributed by atoms with Crippen LogP contribution in [0.3, 0.4) is 0 Å². The number of aliphatic hydroxyl groups is 1. The van der Waals surface area contributed by atoms with Gasteiger partial charge in [-0.05, 0) is 36.8 Å². The Kier molecular flexibility index (Phi) is 5.00. The minimum Gasteiger partial charge on any atom is -0.503 e. The molecule has 29 heavy (non-hydrogen) atoms. The normalized spacial score (nSPS) is 16.9. The molecule has 1 aromatic heterocycles. The summed E-state index contributed by atoms with van der Waals surface area (Å²) in [4.78, 5) is 27.3. The number of Topliss-reactive ketones (excluding diaryl/α,β-unsaturated/α-hetero) is 1. The molecule has 0 spiro atoms. The largest absolute Gasteiger partial charge is 0.503 e. The molecule has 1 amide bonds. The molecule has 2 aromatic carbocycles. The van der Waals surface area contributed by atoms with Gasteiger partial charge in [0.15, 0.2) is 11.5 Å². The first-order valence-corrected chi connectivity index (χ1v) is 9.94. The van der Waals surface area contributed by atoms with Crippen molar-refractivity contribution in [3.05, 3.63) is 81.5 Å². The first-order chi connectivity index (χ1) is 13.9. The van der Waals surface area contributed by atoms with Crippen LogP contribution in [0, 0.1) is 5.82 Å². The summed E-state index contributed by atoms with van der Waals surface area (Å²) in [5.41, 5.74) is 0.473. The standard InChI is InChI=1S/C22H17BrFNO4/c1-2-9-25-19(14-5-3-4-6-15(14)24)18(21(27)22(25)28)20(26)17-11-12-10-13(23)7-8-16(12)29-17/h3-8,10-11,19,27H,2,9H2,1H3. The molecular weight excluding hydrogens is 441 g/mol. The van der Waals surface area contributed by atoms with Crippen LogP contribution in [0.25, 0.3) is 11.0 Å². The number of furan rings is 1. The summed E-state index contributed by atoms with van der Waals surface area (Å²) < 4.78 is 21.1. The molecule has 4 rings (SSSR count). The number of hydrogen-bond acceptors (Lipinski definition) is 4.